The Balaban J connectivity index is 1.50. The van der Waals surface area contributed by atoms with Crippen LogP contribution >= 0.6 is 0 Å². The molecule has 4 nitrogen and oxygen atoms in total. The van der Waals surface area contributed by atoms with Crippen LogP contribution in [0.3, 0.4) is 0 Å². The summed E-state index contributed by atoms with van der Waals surface area (Å²) in [5, 5.41) is 0. The Labute approximate surface area is 168 Å². The summed E-state index contributed by atoms with van der Waals surface area (Å²) in [6.07, 6.45) is 9.48. The highest BCUT2D eigenvalue weighted by Crippen LogP contribution is 2.39. The molecule has 2 heterocycles. The zero-order valence-corrected chi connectivity index (χ0v) is 17.2. The van der Waals surface area contributed by atoms with E-state index < -0.39 is 0 Å². The molecule has 0 spiro atoms. The number of carbonyl (C=O) groups is 1. The summed E-state index contributed by atoms with van der Waals surface area (Å²) in [4.78, 5) is 19.8. The van der Waals surface area contributed by atoms with Gasteiger partial charge in [0.1, 0.15) is 11.5 Å². The summed E-state index contributed by atoms with van der Waals surface area (Å²) in [5.74, 6) is 1.24. The van der Waals surface area contributed by atoms with E-state index in [1.165, 1.54) is 36.8 Å². The number of hydrogen-bond acceptors (Lipinski definition) is 3. The van der Waals surface area contributed by atoms with Crippen molar-refractivity contribution in [1.29, 1.82) is 0 Å². The van der Waals surface area contributed by atoms with Crippen LogP contribution in [0.25, 0.3) is 5.57 Å². The van der Waals surface area contributed by atoms with Crippen LogP contribution in [0.15, 0.2) is 35.0 Å². The number of likely N-dealkylation sites (tertiary alicyclic amines) is 1. The maximum atomic E-state index is 13.1. The monoisotopic (exact) mass is 380 g/mol. The molecule has 1 atom stereocenters. The molecule has 3 aliphatic rings. The molecule has 2 fully saturated rings. The summed E-state index contributed by atoms with van der Waals surface area (Å²) >= 11 is 0. The predicted octanol–water partition coefficient (Wildman–Crippen LogP) is 5.23. The molecule has 1 aromatic rings. The number of hydrogen-bond donors (Lipinski definition) is 0. The lowest BCUT2D eigenvalue weighted by molar-refractivity contribution is -0.124. The van der Waals surface area contributed by atoms with Crippen molar-refractivity contribution in [1.82, 2.24) is 4.90 Å². The summed E-state index contributed by atoms with van der Waals surface area (Å²) in [6.45, 7) is 5.92. The molecule has 28 heavy (non-hydrogen) atoms. The first-order chi connectivity index (χ1) is 13.7. The van der Waals surface area contributed by atoms with Crippen molar-refractivity contribution in [3.63, 3.8) is 0 Å². The van der Waals surface area contributed by atoms with Gasteiger partial charge in [0.05, 0.1) is 6.10 Å². The molecule has 1 unspecified atom stereocenters. The molecule has 4 heteroatoms. The number of nitrogens with zero attached hydrogens (tertiary/aromatic N) is 2. The maximum Gasteiger partial charge on any atom is 0.268 e. The number of fused-ring (bicyclic) bond motifs is 1. The van der Waals surface area contributed by atoms with Gasteiger partial charge >= 0.3 is 0 Å². The Morgan fingerprint density at radius 3 is 2.57 bits per heavy atom. The van der Waals surface area contributed by atoms with Gasteiger partial charge < -0.3 is 9.64 Å². The third kappa shape index (κ3) is 3.87. The number of aliphatic imine (C=N–C) groups is 1. The van der Waals surface area contributed by atoms with E-state index in [0.717, 1.165) is 55.9 Å². The smallest absolute Gasteiger partial charge is 0.268 e. The number of unbranched alkanes of at least 4 members (excludes halogenated alkanes) is 1. The molecule has 4 rings (SSSR count). The summed E-state index contributed by atoms with van der Waals surface area (Å²) < 4.78 is 6.11. The van der Waals surface area contributed by atoms with Gasteiger partial charge in [0.15, 0.2) is 0 Å². The number of allylic oxidation sites excluding steroid dienone is 2. The van der Waals surface area contributed by atoms with Crippen LogP contribution in [0.2, 0.25) is 0 Å². The van der Waals surface area contributed by atoms with Gasteiger partial charge in [0.2, 0.25) is 0 Å². The number of rotatable bonds is 6. The number of ether oxygens (including phenoxy) is 1. The molecule has 1 amide bonds. The fraction of sp³-hybridized carbons (Fsp3) is 0.583. The van der Waals surface area contributed by atoms with Gasteiger partial charge in [-0.05, 0) is 75.1 Å². The van der Waals surface area contributed by atoms with Crippen LogP contribution in [0.5, 0.6) is 5.75 Å². The standard InChI is InChI=1S/C24H32N2O2/c1-3-4-15-26-16-7-10-21-22(17(2)25-23(21)24(26)27)18-11-13-20(14-12-18)28-19-8-5-6-9-19/h11-14,19,21H,3-10,15-16H2,1-2H3. The van der Waals surface area contributed by atoms with Crippen LogP contribution in [-0.4, -0.2) is 35.7 Å². The molecule has 1 aromatic carbocycles. The predicted molar refractivity (Wildman–Crippen MR) is 114 cm³/mol. The molecule has 0 N–H and O–H groups in total. The minimum absolute atomic E-state index is 0.140. The van der Waals surface area contributed by atoms with Crippen molar-refractivity contribution in [3.8, 4) is 5.75 Å². The molecule has 0 bridgehead atoms. The van der Waals surface area contributed by atoms with Gasteiger partial charge in [-0.3, -0.25) is 9.79 Å². The van der Waals surface area contributed by atoms with E-state index >= 15 is 0 Å². The fourth-order valence-corrected chi connectivity index (χ4v) is 4.82. The topological polar surface area (TPSA) is 41.9 Å². The van der Waals surface area contributed by atoms with Crippen molar-refractivity contribution in [2.45, 2.75) is 71.3 Å². The molecular weight excluding hydrogens is 348 g/mol. The Morgan fingerprint density at radius 2 is 1.86 bits per heavy atom. The molecule has 0 aromatic heterocycles. The van der Waals surface area contributed by atoms with Crippen LogP contribution < -0.4 is 4.74 Å². The molecule has 1 saturated heterocycles. The van der Waals surface area contributed by atoms with E-state index in [0.29, 0.717) is 6.10 Å². The average Bonchev–Trinajstić information content (AvgIpc) is 3.29. The van der Waals surface area contributed by atoms with Gasteiger partial charge in [-0.25, -0.2) is 0 Å². The Bertz CT molecular complexity index is 772. The molecule has 2 aliphatic heterocycles. The highest BCUT2D eigenvalue weighted by atomic mass is 16.5. The van der Waals surface area contributed by atoms with Crippen LogP contribution in [-0.2, 0) is 4.79 Å². The summed E-state index contributed by atoms with van der Waals surface area (Å²) in [6, 6.07) is 8.45. The Hall–Kier alpha value is -2.10. The largest absolute Gasteiger partial charge is 0.490 e. The third-order valence-electron chi connectivity index (χ3n) is 6.34. The lowest BCUT2D eigenvalue weighted by atomic mass is 9.86. The van der Waals surface area contributed by atoms with Crippen LogP contribution in [0.4, 0.5) is 0 Å². The molecule has 1 saturated carbocycles. The fourth-order valence-electron chi connectivity index (χ4n) is 4.82. The Morgan fingerprint density at radius 1 is 1.11 bits per heavy atom. The van der Waals surface area contributed by atoms with E-state index in [1.807, 2.05) is 11.8 Å². The first kappa shape index (κ1) is 19.2. The second kappa shape index (κ2) is 8.50. The number of benzene rings is 1. The van der Waals surface area contributed by atoms with E-state index in [-0.39, 0.29) is 11.8 Å². The number of carbonyl (C=O) groups excluding carboxylic acids is 1. The quantitative estimate of drug-likeness (QED) is 0.678. The molecule has 0 radical (unpaired) electrons. The number of amides is 1. The second-order valence-electron chi connectivity index (χ2n) is 8.39. The minimum atomic E-state index is 0.140. The van der Waals surface area contributed by atoms with E-state index in [2.05, 4.69) is 31.2 Å². The molecule has 150 valence electrons. The van der Waals surface area contributed by atoms with Crippen molar-refractivity contribution in [3.05, 3.63) is 35.5 Å². The van der Waals surface area contributed by atoms with Gasteiger partial charge in [-0.1, -0.05) is 25.5 Å². The zero-order chi connectivity index (χ0) is 19.5. The van der Waals surface area contributed by atoms with Gasteiger partial charge in [0, 0.05) is 24.7 Å². The normalized spacial score (nSPS) is 23.1. The van der Waals surface area contributed by atoms with Crippen molar-refractivity contribution >= 4 is 17.2 Å². The molecule has 1 aliphatic carbocycles. The first-order valence-electron chi connectivity index (χ1n) is 11.0. The highest BCUT2D eigenvalue weighted by Gasteiger charge is 2.37. The van der Waals surface area contributed by atoms with E-state index in [1.54, 1.807) is 0 Å². The summed E-state index contributed by atoms with van der Waals surface area (Å²) in [7, 11) is 0. The van der Waals surface area contributed by atoms with Gasteiger partial charge in [-0.15, -0.1) is 0 Å². The SMILES string of the molecule is CCCCN1CCCC2C(=NC(C)=C2c2ccc(OC3CCCC3)cc2)C1=O. The van der Waals surface area contributed by atoms with Crippen molar-refractivity contribution in [2.24, 2.45) is 10.9 Å². The maximum absolute atomic E-state index is 13.1. The van der Waals surface area contributed by atoms with Crippen LogP contribution in [0, 0.1) is 5.92 Å². The van der Waals surface area contributed by atoms with Gasteiger partial charge in [-0.2, -0.15) is 0 Å². The Kier molecular flexibility index (Phi) is 5.84. The van der Waals surface area contributed by atoms with Gasteiger partial charge in [0.25, 0.3) is 5.91 Å². The van der Waals surface area contributed by atoms with Crippen molar-refractivity contribution in [2.75, 3.05) is 13.1 Å². The lowest BCUT2D eigenvalue weighted by Gasteiger charge is -2.20. The van der Waals surface area contributed by atoms with Crippen LogP contribution in [0.1, 0.15) is 70.8 Å². The van der Waals surface area contributed by atoms with E-state index in [4.69, 9.17) is 9.73 Å². The zero-order valence-electron chi connectivity index (χ0n) is 17.2. The van der Waals surface area contributed by atoms with Crippen molar-refractivity contribution < 1.29 is 9.53 Å². The third-order valence-corrected chi connectivity index (χ3v) is 6.34. The average molecular weight is 381 g/mol. The first-order valence-corrected chi connectivity index (χ1v) is 11.0. The lowest BCUT2D eigenvalue weighted by Crippen LogP contribution is -2.37. The minimum Gasteiger partial charge on any atom is -0.490 e. The molecular formula is C24H32N2O2. The second-order valence-corrected chi connectivity index (χ2v) is 8.39. The summed E-state index contributed by atoms with van der Waals surface area (Å²) in [5.41, 5.74) is 4.16. The van der Waals surface area contributed by atoms with E-state index in [9.17, 15) is 4.79 Å². The highest BCUT2D eigenvalue weighted by molar-refractivity contribution is 6.43.